The third-order valence-corrected chi connectivity index (χ3v) is 12.5. The normalized spacial score (nSPS) is 25.2. The summed E-state index contributed by atoms with van der Waals surface area (Å²) in [6.07, 6.45) is 1.09. The van der Waals surface area contributed by atoms with Crippen molar-refractivity contribution in [1.82, 2.24) is 9.99 Å². The number of amides is 4. The van der Waals surface area contributed by atoms with Gasteiger partial charge in [-0.15, -0.1) is 0 Å². The van der Waals surface area contributed by atoms with Crippen LogP contribution in [-0.2, 0) is 30.8 Å². The van der Waals surface area contributed by atoms with E-state index in [0.29, 0.717) is 49.7 Å². The summed E-state index contributed by atoms with van der Waals surface area (Å²) in [4.78, 5) is 63.7. The molecule has 6 unspecified atom stereocenters. The number of halogens is 6. The van der Waals surface area contributed by atoms with Gasteiger partial charge in [-0.2, -0.15) is 18.2 Å². The Labute approximate surface area is 349 Å². The summed E-state index contributed by atoms with van der Waals surface area (Å²) in [5, 5.41) is 11.6. The first-order valence-electron chi connectivity index (χ1n) is 18.2. The highest BCUT2D eigenvalue weighted by atomic mass is 35.5. The smallest absolute Gasteiger partial charge is 0.417 e. The molecule has 17 heteroatoms. The standard InChI is InChI=1S/C42H32Cl3F3N4O7/c1-58-32-15-20(16-33(59-2)35(32)53)3-14-29-26-12-13-27-34(39(56)51(37(27)54)25-10-8-24(44)9-11-25)28(26)18-30-38(55)52(40(57)41(29,30)21-4-6-23(43)7-5-21)50-36-31(45)17-22(19-49-36)42(46,47)48/h3-12,14-17,19,27-30,34,53H,13,18H2,1-2H3,(H,49,50). The number of aromatic nitrogens is 1. The average molecular weight is 868 g/mol. The first-order valence-corrected chi connectivity index (χ1v) is 19.3. The van der Waals surface area contributed by atoms with Crippen molar-refractivity contribution in [2.24, 2.45) is 29.6 Å². The second-order valence-corrected chi connectivity index (χ2v) is 15.9. The monoisotopic (exact) mass is 866 g/mol. The third-order valence-electron chi connectivity index (χ3n) is 11.7. The van der Waals surface area contributed by atoms with E-state index < -0.39 is 75.4 Å². The number of phenolic OH excluding ortho intramolecular Hbond substituents is 1. The summed E-state index contributed by atoms with van der Waals surface area (Å²) in [6.45, 7) is 0. The number of methoxy groups -OCH3 is 2. The Morgan fingerprint density at radius 1 is 0.881 bits per heavy atom. The molecule has 2 N–H and O–H groups in total. The molecule has 0 spiro atoms. The first kappa shape index (κ1) is 40.2. The molecule has 4 aliphatic rings. The van der Waals surface area contributed by atoms with Gasteiger partial charge in [-0.3, -0.25) is 29.5 Å². The minimum absolute atomic E-state index is 0.0643. The molecule has 3 heterocycles. The van der Waals surface area contributed by atoms with Gasteiger partial charge < -0.3 is 14.6 Å². The van der Waals surface area contributed by atoms with Crippen LogP contribution in [0.3, 0.4) is 0 Å². The molecular weight excluding hydrogens is 836 g/mol. The quantitative estimate of drug-likeness (QED) is 0.132. The minimum atomic E-state index is -4.77. The average Bonchev–Trinajstić information content (AvgIpc) is 3.59. The topological polar surface area (TPSA) is 138 Å². The zero-order valence-corrected chi connectivity index (χ0v) is 33.2. The van der Waals surface area contributed by atoms with Gasteiger partial charge in [0.2, 0.25) is 17.6 Å². The van der Waals surface area contributed by atoms with Crippen LogP contribution in [0.15, 0.2) is 90.7 Å². The number of carbonyl (C=O) groups is 4. The van der Waals surface area contributed by atoms with Crippen LogP contribution in [0.1, 0.15) is 29.5 Å². The molecule has 304 valence electrons. The highest BCUT2D eigenvalue weighted by Crippen LogP contribution is 2.62. The van der Waals surface area contributed by atoms with Crippen molar-refractivity contribution in [1.29, 1.82) is 0 Å². The molecule has 1 saturated carbocycles. The summed E-state index contributed by atoms with van der Waals surface area (Å²) in [5.74, 6) is -7.46. The number of carbonyl (C=O) groups excluding carboxylic acids is 4. The van der Waals surface area contributed by atoms with E-state index in [1.807, 2.05) is 6.08 Å². The molecule has 4 amide bonds. The number of nitrogens with zero attached hydrogens (tertiary/aromatic N) is 3. The van der Waals surface area contributed by atoms with E-state index in [1.165, 1.54) is 14.2 Å². The zero-order valence-electron chi connectivity index (χ0n) is 31.0. The van der Waals surface area contributed by atoms with E-state index >= 15 is 4.79 Å². The molecule has 0 bridgehead atoms. The lowest BCUT2D eigenvalue weighted by atomic mass is 9.50. The Morgan fingerprint density at radius 3 is 2.10 bits per heavy atom. The van der Waals surface area contributed by atoms with Crippen LogP contribution in [0.5, 0.6) is 17.2 Å². The SMILES string of the molecule is COc1cc(C=CC2C3=CCC4C(=O)N(c5ccc(Cl)cc5)C(=O)C4C3CC3C(=O)N(Nc4ncc(C(F)(F)F)cc4Cl)C(=O)C23c2ccc(Cl)cc2)cc(OC)c1O. The highest BCUT2D eigenvalue weighted by Gasteiger charge is 2.69. The second kappa shape index (κ2) is 14.9. The van der Waals surface area contributed by atoms with E-state index in [0.717, 1.165) is 4.90 Å². The molecule has 4 aromatic rings. The third kappa shape index (κ3) is 6.48. The molecule has 6 atom stereocenters. The molecule has 3 fully saturated rings. The lowest BCUT2D eigenvalue weighted by Gasteiger charge is -2.49. The molecule has 8 rings (SSSR count). The van der Waals surface area contributed by atoms with E-state index in [9.17, 15) is 32.7 Å². The molecule has 2 aliphatic carbocycles. The predicted octanol–water partition coefficient (Wildman–Crippen LogP) is 8.52. The number of nitrogens with one attached hydrogen (secondary N) is 1. The number of benzene rings is 3. The van der Waals surface area contributed by atoms with Gasteiger partial charge >= 0.3 is 6.18 Å². The maximum atomic E-state index is 15.3. The summed E-state index contributed by atoms with van der Waals surface area (Å²) >= 11 is 18.7. The first-order chi connectivity index (χ1) is 28.1. The van der Waals surface area contributed by atoms with Crippen molar-refractivity contribution in [3.8, 4) is 17.2 Å². The maximum Gasteiger partial charge on any atom is 0.417 e. The molecule has 0 radical (unpaired) electrons. The van der Waals surface area contributed by atoms with E-state index in [4.69, 9.17) is 44.3 Å². The van der Waals surface area contributed by atoms with Gasteiger partial charge in [-0.25, -0.2) is 4.98 Å². The number of hydrogen-bond donors (Lipinski definition) is 2. The Balaban J connectivity index is 1.30. The van der Waals surface area contributed by atoms with Gasteiger partial charge in [0, 0.05) is 22.2 Å². The molecule has 2 aliphatic heterocycles. The Morgan fingerprint density at radius 2 is 1.51 bits per heavy atom. The maximum absolute atomic E-state index is 15.3. The second-order valence-electron chi connectivity index (χ2n) is 14.6. The number of rotatable bonds is 8. The molecule has 1 aromatic heterocycles. The van der Waals surface area contributed by atoms with Gasteiger partial charge in [-0.05, 0) is 84.5 Å². The van der Waals surface area contributed by atoms with Gasteiger partial charge in [-0.1, -0.05) is 70.7 Å². The van der Waals surface area contributed by atoms with Crippen LogP contribution >= 0.6 is 34.8 Å². The minimum Gasteiger partial charge on any atom is -0.502 e. The van der Waals surface area contributed by atoms with Crippen molar-refractivity contribution in [3.05, 3.63) is 122 Å². The van der Waals surface area contributed by atoms with E-state index in [2.05, 4.69) is 10.4 Å². The van der Waals surface area contributed by atoms with E-state index in [1.54, 1.807) is 72.8 Å². The van der Waals surface area contributed by atoms with Crippen LogP contribution in [0.4, 0.5) is 24.7 Å². The predicted molar refractivity (Wildman–Crippen MR) is 212 cm³/mol. The van der Waals surface area contributed by atoms with Crippen molar-refractivity contribution in [2.75, 3.05) is 24.5 Å². The number of pyridine rings is 1. The Kier molecular flexibility index (Phi) is 10.2. The fraction of sp³-hybridized carbons (Fsp3) is 0.262. The number of ether oxygens (including phenoxy) is 2. The van der Waals surface area contributed by atoms with Crippen LogP contribution in [0, 0.1) is 29.6 Å². The van der Waals surface area contributed by atoms with Gasteiger partial charge in [0.25, 0.3) is 11.8 Å². The van der Waals surface area contributed by atoms with Gasteiger partial charge in [0.05, 0.1) is 53.7 Å². The number of allylic oxidation sites excluding steroid dienone is 3. The molecule has 2 saturated heterocycles. The summed E-state index contributed by atoms with van der Waals surface area (Å²) in [5.41, 5.74) is 1.55. The Hall–Kier alpha value is -5.57. The van der Waals surface area contributed by atoms with Crippen molar-refractivity contribution in [2.45, 2.75) is 24.4 Å². The van der Waals surface area contributed by atoms with Crippen LogP contribution in [-0.4, -0.2) is 52.9 Å². The lowest BCUT2D eigenvalue weighted by Crippen LogP contribution is -2.54. The number of hydrazine groups is 1. The lowest BCUT2D eigenvalue weighted by molar-refractivity contribution is -0.139. The fourth-order valence-corrected chi connectivity index (χ4v) is 9.55. The molecule has 3 aromatic carbocycles. The molecular formula is C42H32Cl3F3N4O7. The molecule has 59 heavy (non-hydrogen) atoms. The van der Waals surface area contributed by atoms with Crippen LogP contribution in [0.25, 0.3) is 6.08 Å². The zero-order chi connectivity index (χ0) is 42.1. The van der Waals surface area contributed by atoms with Crippen LogP contribution < -0.4 is 19.8 Å². The van der Waals surface area contributed by atoms with Gasteiger partial charge in [0.15, 0.2) is 17.3 Å². The van der Waals surface area contributed by atoms with E-state index in [-0.39, 0.29) is 35.9 Å². The van der Waals surface area contributed by atoms with Gasteiger partial charge in [0.1, 0.15) is 0 Å². The summed E-state index contributed by atoms with van der Waals surface area (Å²) in [7, 11) is 2.74. The largest absolute Gasteiger partial charge is 0.502 e. The summed E-state index contributed by atoms with van der Waals surface area (Å²) < 4.78 is 51.3. The summed E-state index contributed by atoms with van der Waals surface area (Å²) in [6, 6.07) is 16.4. The highest BCUT2D eigenvalue weighted by molar-refractivity contribution is 6.33. The Bertz CT molecular complexity index is 2460. The number of fused-ring (bicyclic) bond motifs is 4. The number of imide groups is 2. The van der Waals surface area contributed by atoms with Crippen molar-refractivity contribution >= 4 is 76.0 Å². The van der Waals surface area contributed by atoms with Crippen LogP contribution in [0.2, 0.25) is 15.1 Å². The number of hydrogen-bond acceptors (Lipinski definition) is 9. The van der Waals surface area contributed by atoms with Crippen molar-refractivity contribution in [3.63, 3.8) is 0 Å². The van der Waals surface area contributed by atoms with Crippen molar-refractivity contribution < 1.29 is 46.9 Å². The number of aromatic hydroxyl groups is 1. The fourth-order valence-electron chi connectivity index (χ4n) is 9.09. The number of phenols is 1. The number of alkyl halides is 3. The number of anilines is 2. The molecule has 11 nitrogen and oxygen atoms in total.